The minimum Gasteiger partial charge on any atom is -0.495 e. The summed E-state index contributed by atoms with van der Waals surface area (Å²) in [7, 11) is -2.21. The van der Waals surface area contributed by atoms with Crippen molar-refractivity contribution in [2.45, 2.75) is 58.2 Å². The molecule has 1 N–H and O–H groups in total. The summed E-state index contributed by atoms with van der Waals surface area (Å²) in [4.78, 5) is 29.2. The van der Waals surface area contributed by atoms with E-state index in [9.17, 15) is 18.0 Å². The number of sulfonamides is 1. The van der Waals surface area contributed by atoms with E-state index in [-0.39, 0.29) is 50.2 Å². The second-order valence-corrected chi connectivity index (χ2v) is 13.1. The van der Waals surface area contributed by atoms with Crippen molar-refractivity contribution in [2.24, 2.45) is 0 Å². The monoisotopic (exact) mass is 647 g/mol. The van der Waals surface area contributed by atoms with Gasteiger partial charge in [0.25, 0.3) is 0 Å². The van der Waals surface area contributed by atoms with Gasteiger partial charge in [0, 0.05) is 42.0 Å². The molecule has 3 aromatic rings. The van der Waals surface area contributed by atoms with E-state index < -0.39 is 16.1 Å². The van der Waals surface area contributed by atoms with Gasteiger partial charge >= 0.3 is 0 Å². The van der Waals surface area contributed by atoms with Crippen LogP contribution >= 0.6 is 23.2 Å². The third-order valence-electron chi connectivity index (χ3n) is 7.13. The van der Waals surface area contributed by atoms with Gasteiger partial charge < -0.3 is 15.0 Å². The zero-order valence-electron chi connectivity index (χ0n) is 24.9. The van der Waals surface area contributed by atoms with Crippen LogP contribution in [0.3, 0.4) is 0 Å². The topological polar surface area (TPSA) is 96.0 Å². The predicted molar refractivity (Wildman–Crippen MR) is 173 cm³/mol. The van der Waals surface area contributed by atoms with Gasteiger partial charge in [-0.15, -0.1) is 0 Å². The molecule has 0 bridgehead atoms. The van der Waals surface area contributed by atoms with Gasteiger partial charge in [0.2, 0.25) is 21.8 Å². The molecule has 0 fully saturated rings. The number of halogens is 2. The highest BCUT2D eigenvalue weighted by Gasteiger charge is 2.31. The molecule has 8 nitrogen and oxygen atoms in total. The van der Waals surface area contributed by atoms with Crippen molar-refractivity contribution in [3.63, 3.8) is 0 Å². The normalized spacial score (nSPS) is 12.7. The Morgan fingerprint density at radius 3 is 2.30 bits per heavy atom. The van der Waals surface area contributed by atoms with Gasteiger partial charge in [-0.2, -0.15) is 0 Å². The molecule has 0 unspecified atom stereocenters. The molecule has 0 spiro atoms. The molecule has 43 heavy (non-hydrogen) atoms. The van der Waals surface area contributed by atoms with Crippen molar-refractivity contribution in [2.75, 3.05) is 24.2 Å². The van der Waals surface area contributed by atoms with Gasteiger partial charge in [-0.1, -0.05) is 78.7 Å². The minimum atomic E-state index is -3.68. The number of methoxy groups -OCH3 is 1. The van der Waals surface area contributed by atoms with Crippen LogP contribution in [0, 0.1) is 0 Å². The molecule has 0 aliphatic heterocycles. The Labute approximate surface area is 265 Å². The first-order chi connectivity index (χ1) is 20.4. The molecule has 0 saturated heterocycles. The molecule has 3 rings (SSSR count). The molecule has 0 aliphatic carbocycles. The van der Waals surface area contributed by atoms with Crippen molar-refractivity contribution in [3.05, 3.63) is 94.0 Å². The first-order valence-corrected chi connectivity index (χ1v) is 16.7. The molecule has 0 radical (unpaired) electrons. The zero-order chi connectivity index (χ0) is 31.6. The van der Waals surface area contributed by atoms with E-state index in [4.69, 9.17) is 27.9 Å². The highest BCUT2D eigenvalue weighted by atomic mass is 35.5. The Hall–Kier alpha value is -3.27. The summed E-state index contributed by atoms with van der Waals surface area (Å²) in [5.74, 6) is -0.175. The Bertz CT molecular complexity index is 1490. The highest BCUT2D eigenvalue weighted by molar-refractivity contribution is 7.92. The van der Waals surface area contributed by atoms with Crippen molar-refractivity contribution >= 4 is 50.7 Å². The van der Waals surface area contributed by atoms with E-state index in [1.54, 1.807) is 42.5 Å². The van der Waals surface area contributed by atoms with Crippen molar-refractivity contribution in [1.29, 1.82) is 0 Å². The van der Waals surface area contributed by atoms with Crippen LogP contribution < -0.4 is 14.4 Å². The average Bonchev–Trinajstić information content (AvgIpc) is 2.97. The van der Waals surface area contributed by atoms with Gasteiger partial charge in [-0.3, -0.25) is 13.9 Å². The number of hydrogen-bond acceptors (Lipinski definition) is 5. The van der Waals surface area contributed by atoms with E-state index in [2.05, 4.69) is 5.32 Å². The molecule has 232 valence electrons. The quantitative estimate of drug-likeness (QED) is 0.215. The lowest BCUT2D eigenvalue weighted by Gasteiger charge is -2.33. The van der Waals surface area contributed by atoms with Crippen LogP contribution in [0.15, 0.2) is 72.8 Å². The van der Waals surface area contributed by atoms with Gasteiger partial charge in [0.15, 0.2) is 0 Å². The molecule has 2 amide bonds. The van der Waals surface area contributed by atoms with E-state index in [1.165, 1.54) is 16.3 Å². The maximum Gasteiger partial charge on any atom is 0.243 e. The molecule has 11 heteroatoms. The molecule has 3 aromatic carbocycles. The SMILES string of the molecule is CC[C@H](C)NC(=O)[C@H](Cc1ccccc1)N(Cc1ccc(Cl)cc1Cl)C(=O)CCCN(c1ccccc1OC)S(C)(=O)=O. The number of ether oxygens (including phenoxy) is 1. The lowest BCUT2D eigenvalue weighted by atomic mass is 10.0. The number of amides is 2. The molecule has 2 atom stereocenters. The third-order valence-corrected chi connectivity index (χ3v) is 8.90. The summed E-state index contributed by atoms with van der Waals surface area (Å²) >= 11 is 12.6. The summed E-state index contributed by atoms with van der Waals surface area (Å²) in [5, 5.41) is 3.87. The molecular weight excluding hydrogens is 609 g/mol. The fourth-order valence-electron chi connectivity index (χ4n) is 4.65. The maximum atomic E-state index is 14.0. The van der Waals surface area contributed by atoms with Crippen molar-refractivity contribution in [1.82, 2.24) is 10.2 Å². The standard InChI is InChI=1S/C32H39Cl2N3O5S/c1-5-23(2)35-32(39)29(20-24-12-7-6-8-13-24)36(22-25-17-18-26(33)21-27(25)34)31(38)16-11-19-37(43(4,40)41)28-14-9-10-15-30(28)42-3/h6-10,12-15,17-18,21,23,29H,5,11,16,19-20,22H2,1-4H3,(H,35,39)/t23-,29-/m0/s1. The van der Waals surface area contributed by atoms with Crippen LogP contribution in [-0.2, 0) is 32.6 Å². The van der Waals surface area contributed by atoms with Crippen LogP contribution in [0.5, 0.6) is 5.75 Å². The molecular formula is C32H39Cl2N3O5S. The molecule has 0 saturated carbocycles. The average molecular weight is 649 g/mol. The minimum absolute atomic E-state index is 0.00568. The van der Waals surface area contributed by atoms with Crippen molar-refractivity contribution in [3.8, 4) is 5.75 Å². The maximum absolute atomic E-state index is 14.0. The number of nitrogens with zero attached hydrogens (tertiary/aromatic N) is 2. The molecule has 0 heterocycles. The largest absolute Gasteiger partial charge is 0.495 e. The lowest BCUT2D eigenvalue weighted by Crippen LogP contribution is -2.52. The number of rotatable bonds is 15. The van der Waals surface area contributed by atoms with E-state index in [0.717, 1.165) is 18.2 Å². The Morgan fingerprint density at radius 2 is 1.67 bits per heavy atom. The number of hydrogen-bond donors (Lipinski definition) is 1. The first-order valence-electron chi connectivity index (χ1n) is 14.1. The summed E-state index contributed by atoms with van der Waals surface area (Å²) in [6.45, 7) is 4.01. The smallest absolute Gasteiger partial charge is 0.243 e. The summed E-state index contributed by atoms with van der Waals surface area (Å²) in [6.07, 6.45) is 2.33. The van der Waals surface area contributed by atoms with E-state index in [0.29, 0.717) is 27.0 Å². The number of benzene rings is 3. The van der Waals surface area contributed by atoms with Crippen LogP contribution in [0.25, 0.3) is 0 Å². The first kappa shape index (κ1) is 34.2. The number of carbonyl (C=O) groups is 2. The predicted octanol–water partition coefficient (Wildman–Crippen LogP) is 6.10. The lowest BCUT2D eigenvalue weighted by molar-refractivity contribution is -0.141. The summed E-state index contributed by atoms with van der Waals surface area (Å²) in [6, 6.07) is 20.4. The second kappa shape index (κ2) is 16.0. The zero-order valence-corrected chi connectivity index (χ0v) is 27.3. The summed E-state index contributed by atoms with van der Waals surface area (Å²) < 4.78 is 32.1. The fourth-order valence-corrected chi connectivity index (χ4v) is 6.08. The van der Waals surface area contributed by atoms with Gasteiger partial charge in [-0.25, -0.2) is 8.42 Å². The summed E-state index contributed by atoms with van der Waals surface area (Å²) in [5.41, 5.74) is 1.92. The number of nitrogens with one attached hydrogen (secondary N) is 1. The van der Waals surface area contributed by atoms with Gasteiger partial charge in [0.05, 0.1) is 19.1 Å². The van der Waals surface area contributed by atoms with E-state index in [1.807, 2.05) is 44.2 Å². The van der Waals surface area contributed by atoms with Gasteiger partial charge in [-0.05, 0) is 55.2 Å². The van der Waals surface area contributed by atoms with Crippen molar-refractivity contribution < 1.29 is 22.7 Å². The van der Waals surface area contributed by atoms with Crippen LogP contribution in [0.4, 0.5) is 5.69 Å². The highest BCUT2D eigenvalue weighted by Crippen LogP contribution is 2.30. The molecule has 0 aliphatic rings. The number of para-hydroxylation sites is 2. The Kier molecular flexibility index (Phi) is 12.7. The third kappa shape index (κ3) is 9.88. The Morgan fingerprint density at radius 1 is 1.00 bits per heavy atom. The second-order valence-electron chi connectivity index (χ2n) is 10.4. The molecule has 0 aromatic heterocycles. The number of carbonyl (C=O) groups excluding carboxylic acids is 2. The van der Waals surface area contributed by atoms with Crippen LogP contribution in [0.2, 0.25) is 10.0 Å². The Balaban J connectivity index is 1.94. The van der Waals surface area contributed by atoms with Crippen LogP contribution in [-0.4, -0.2) is 57.1 Å². The fraction of sp³-hybridized carbons (Fsp3) is 0.375. The van der Waals surface area contributed by atoms with E-state index >= 15 is 0 Å². The van der Waals surface area contributed by atoms with Gasteiger partial charge in [0.1, 0.15) is 11.8 Å². The van der Waals surface area contributed by atoms with Crippen LogP contribution in [0.1, 0.15) is 44.2 Å². The number of anilines is 1.